The van der Waals surface area contributed by atoms with Crippen LogP contribution in [0.2, 0.25) is 0 Å². The van der Waals surface area contributed by atoms with Gasteiger partial charge in [0.1, 0.15) is 10.8 Å². The largest absolute Gasteiger partial charge is 0.497 e. The number of rotatable bonds is 4. The summed E-state index contributed by atoms with van der Waals surface area (Å²) in [6.07, 6.45) is 0. The van der Waals surface area contributed by atoms with Gasteiger partial charge in [-0.2, -0.15) is 0 Å². The average molecular weight is 501 g/mol. The molecule has 1 aliphatic rings. The van der Waals surface area contributed by atoms with Crippen molar-refractivity contribution >= 4 is 47.0 Å². The van der Waals surface area contributed by atoms with Gasteiger partial charge < -0.3 is 19.9 Å². The third kappa shape index (κ3) is 5.47. The Balaban J connectivity index is 0.00000261. The van der Waals surface area contributed by atoms with Gasteiger partial charge >= 0.3 is 0 Å². The summed E-state index contributed by atoms with van der Waals surface area (Å²) in [5.74, 6) is 1.84. The zero-order valence-corrected chi connectivity index (χ0v) is 19.5. The maximum Gasteiger partial charge on any atom is 0.194 e. The Bertz CT molecular complexity index is 734. The Morgan fingerprint density at radius 1 is 1.19 bits per heavy atom. The first-order chi connectivity index (χ1) is 12.6. The first kappa shape index (κ1) is 21.7. The number of halogens is 1. The molecule has 0 saturated carbocycles. The van der Waals surface area contributed by atoms with Crippen LogP contribution in [-0.2, 0) is 6.54 Å². The number of methoxy groups -OCH3 is 1. The predicted octanol–water partition coefficient (Wildman–Crippen LogP) is 3.28. The summed E-state index contributed by atoms with van der Waals surface area (Å²) in [4.78, 5) is 15.0. The number of nitrogens with one attached hydrogen (secondary N) is 1. The number of aryl methyl sites for hydroxylation is 2. The molecule has 0 bridgehead atoms. The van der Waals surface area contributed by atoms with Crippen LogP contribution in [0.3, 0.4) is 0 Å². The summed E-state index contributed by atoms with van der Waals surface area (Å²) >= 11 is 1.75. The van der Waals surface area contributed by atoms with Gasteiger partial charge in [0.05, 0.1) is 19.3 Å². The van der Waals surface area contributed by atoms with Crippen molar-refractivity contribution in [1.29, 1.82) is 0 Å². The van der Waals surface area contributed by atoms with E-state index in [1.54, 1.807) is 18.4 Å². The van der Waals surface area contributed by atoms with Crippen LogP contribution in [0.15, 0.2) is 29.3 Å². The van der Waals surface area contributed by atoms with E-state index >= 15 is 0 Å². The fourth-order valence-electron chi connectivity index (χ4n) is 3.07. The second kappa shape index (κ2) is 10.1. The highest BCUT2D eigenvalue weighted by atomic mass is 127. The number of piperazine rings is 1. The highest BCUT2D eigenvalue weighted by Gasteiger charge is 2.20. The molecule has 3 rings (SSSR count). The Hall–Kier alpha value is -1.55. The molecule has 0 atom stereocenters. The molecule has 1 aliphatic heterocycles. The molecule has 0 radical (unpaired) electrons. The van der Waals surface area contributed by atoms with Crippen molar-refractivity contribution in [1.82, 2.24) is 15.2 Å². The molecule has 0 unspecified atom stereocenters. The zero-order valence-electron chi connectivity index (χ0n) is 16.4. The molecule has 2 aromatic rings. The zero-order chi connectivity index (χ0) is 18.5. The van der Waals surface area contributed by atoms with Crippen molar-refractivity contribution in [2.75, 3.05) is 45.2 Å². The summed E-state index contributed by atoms with van der Waals surface area (Å²) in [6, 6.07) is 8.27. The molecule has 0 aliphatic carbocycles. The molecule has 0 amide bonds. The van der Waals surface area contributed by atoms with Crippen molar-refractivity contribution in [2.24, 2.45) is 4.99 Å². The van der Waals surface area contributed by atoms with Crippen LogP contribution in [-0.4, -0.2) is 56.2 Å². The molecule has 1 aromatic heterocycles. The topological polar surface area (TPSA) is 53.0 Å². The van der Waals surface area contributed by atoms with Crippen LogP contribution < -0.4 is 15.0 Å². The molecule has 6 nitrogen and oxygen atoms in total. The number of aromatic nitrogens is 1. The fraction of sp³-hybridized carbons (Fsp3) is 0.474. The smallest absolute Gasteiger partial charge is 0.194 e. The first-order valence-electron chi connectivity index (χ1n) is 8.88. The van der Waals surface area contributed by atoms with Crippen LogP contribution in [0.4, 0.5) is 5.69 Å². The second-order valence-electron chi connectivity index (χ2n) is 6.32. The van der Waals surface area contributed by atoms with E-state index in [4.69, 9.17) is 4.74 Å². The highest BCUT2D eigenvalue weighted by molar-refractivity contribution is 14.0. The molecule has 2 heterocycles. The molecule has 27 heavy (non-hydrogen) atoms. The molecule has 1 aromatic carbocycles. The lowest BCUT2D eigenvalue weighted by Gasteiger charge is -2.37. The lowest BCUT2D eigenvalue weighted by molar-refractivity contribution is 0.372. The Morgan fingerprint density at radius 2 is 1.85 bits per heavy atom. The van der Waals surface area contributed by atoms with Gasteiger partial charge in [0, 0.05) is 43.8 Å². The van der Waals surface area contributed by atoms with Crippen molar-refractivity contribution < 1.29 is 4.74 Å². The summed E-state index contributed by atoms with van der Waals surface area (Å²) in [6.45, 7) is 8.74. The summed E-state index contributed by atoms with van der Waals surface area (Å²) < 4.78 is 5.24. The predicted molar refractivity (Wildman–Crippen MR) is 124 cm³/mol. The molecule has 148 valence electrons. The quantitative estimate of drug-likeness (QED) is 0.396. The van der Waals surface area contributed by atoms with Gasteiger partial charge in [-0.25, -0.2) is 4.98 Å². The summed E-state index contributed by atoms with van der Waals surface area (Å²) in [5.41, 5.74) is 2.36. The number of hydrogen-bond donors (Lipinski definition) is 1. The van der Waals surface area contributed by atoms with Gasteiger partial charge in [-0.3, -0.25) is 4.99 Å². The molecule has 1 saturated heterocycles. The standard InChI is InChI=1S/C19H27N5OS.HI/c1-14-15(2)26-18(22-14)13-21-19(20-3)24-11-9-23(10-12-24)16-5-7-17(25-4)8-6-16;/h5-8H,9-13H2,1-4H3,(H,20,21);1H. The van der Waals surface area contributed by atoms with E-state index in [1.807, 2.05) is 19.2 Å². The maximum atomic E-state index is 5.24. The van der Waals surface area contributed by atoms with Gasteiger partial charge in [0.25, 0.3) is 0 Å². The SMILES string of the molecule is CN=C(NCc1nc(C)c(C)s1)N1CCN(c2ccc(OC)cc2)CC1.I. The molecule has 1 N–H and O–H groups in total. The minimum atomic E-state index is 0. The summed E-state index contributed by atoms with van der Waals surface area (Å²) in [7, 11) is 3.54. The maximum absolute atomic E-state index is 5.24. The monoisotopic (exact) mass is 501 g/mol. The third-order valence-corrected chi connectivity index (χ3v) is 5.77. The van der Waals surface area contributed by atoms with Crippen molar-refractivity contribution in [3.8, 4) is 5.75 Å². The van der Waals surface area contributed by atoms with Crippen LogP contribution in [0.1, 0.15) is 15.6 Å². The van der Waals surface area contributed by atoms with E-state index in [9.17, 15) is 0 Å². The third-order valence-electron chi connectivity index (χ3n) is 4.70. The van der Waals surface area contributed by atoms with Crippen molar-refractivity contribution in [3.05, 3.63) is 39.8 Å². The van der Waals surface area contributed by atoms with E-state index in [2.05, 4.69) is 51.1 Å². The molecule has 0 spiro atoms. The molecular weight excluding hydrogens is 473 g/mol. The van der Waals surface area contributed by atoms with Crippen molar-refractivity contribution in [3.63, 3.8) is 0 Å². The van der Waals surface area contributed by atoms with E-state index in [0.717, 1.165) is 55.1 Å². The van der Waals surface area contributed by atoms with E-state index < -0.39 is 0 Å². The van der Waals surface area contributed by atoms with Gasteiger partial charge in [0.2, 0.25) is 0 Å². The van der Waals surface area contributed by atoms with Gasteiger partial charge in [-0.1, -0.05) is 0 Å². The fourth-order valence-corrected chi connectivity index (χ4v) is 3.94. The lowest BCUT2D eigenvalue weighted by atomic mass is 10.2. The average Bonchev–Trinajstić information content (AvgIpc) is 3.00. The number of benzene rings is 1. The van der Waals surface area contributed by atoms with Crippen LogP contribution in [0, 0.1) is 13.8 Å². The number of hydrogen-bond acceptors (Lipinski definition) is 5. The Kier molecular flexibility index (Phi) is 8.15. The minimum absolute atomic E-state index is 0. The minimum Gasteiger partial charge on any atom is -0.497 e. The van der Waals surface area contributed by atoms with E-state index in [1.165, 1.54) is 10.6 Å². The molecule has 8 heteroatoms. The van der Waals surface area contributed by atoms with Crippen LogP contribution in [0.5, 0.6) is 5.75 Å². The second-order valence-corrected chi connectivity index (χ2v) is 7.61. The number of aliphatic imine (C=N–C) groups is 1. The number of nitrogens with zero attached hydrogens (tertiary/aromatic N) is 4. The first-order valence-corrected chi connectivity index (χ1v) is 9.70. The number of thiazole rings is 1. The number of guanidine groups is 1. The van der Waals surface area contributed by atoms with Gasteiger partial charge in [-0.15, -0.1) is 35.3 Å². The Labute approximate surface area is 182 Å². The molecular formula is C19H28IN5OS. The van der Waals surface area contributed by atoms with Crippen LogP contribution in [0.25, 0.3) is 0 Å². The normalized spacial score (nSPS) is 14.7. The number of anilines is 1. The lowest BCUT2D eigenvalue weighted by Crippen LogP contribution is -2.52. The Morgan fingerprint density at radius 3 is 2.37 bits per heavy atom. The van der Waals surface area contributed by atoms with Crippen molar-refractivity contribution in [2.45, 2.75) is 20.4 Å². The van der Waals surface area contributed by atoms with Gasteiger partial charge in [-0.05, 0) is 38.1 Å². The summed E-state index contributed by atoms with van der Waals surface area (Å²) in [5, 5.41) is 4.56. The van der Waals surface area contributed by atoms with Crippen LogP contribution >= 0.6 is 35.3 Å². The highest BCUT2D eigenvalue weighted by Crippen LogP contribution is 2.20. The van der Waals surface area contributed by atoms with E-state index in [0.29, 0.717) is 0 Å². The number of ether oxygens (including phenoxy) is 1. The van der Waals surface area contributed by atoms with Gasteiger partial charge in [0.15, 0.2) is 5.96 Å². The molecule has 1 fully saturated rings. The van der Waals surface area contributed by atoms with E-state index in [-0.39, 0.29) is 24.0 Å².